The molecular formula is C17H12Cl2N4O2. The number of hydrogen-bond donors (Lipinski definition) is 1. The van der Waals surface area contributed by atoms with E-state index in [4.69, 9.17) is 23.2 Å². The third-order valence-electron chi connectivity index (χ3n) is 3.34. The van der Waals surface area contributed by atoms with Crippen LogP contribution in [-0.4, -0.2) is 20.7 Å². The second-order valence-electron chi connectivity index (χ2n) is 5.12. The molecule has 126 valence electrons. The molecule has 3 aromatic rings. The Labute approximate surface area is 153 Å². The molecule has 2 aromatic heterocycles. The number of nitrogens with zero attached hydrogens (tertiary/aromatic N) is 3. The number of amides is 1. The third-order valence-corrected chi connectivity index (χ3v) is 3.90. The van der Waals surface area contributed by atoms with E-state index in [1.165, 1.54) is 12.1 Å². The number of halogens is 2. The summed E-state index contributed by atoms with van der Waals surface area (Å²) in [6.07, 6.45) is 3.25. The first kappa shape index (κ1) is 17.1. The van der Waals surface area contributed by atoms with Gasteiger partial charge in [-0.15, -0.1) is 0 Å². The SMILES string of the molecule is O=C(Cn1nc(-c2ccncc2)ccc1=O)Nc1cc(Cl)ccc1Cl. The standard InChI is InChI=1S/C17H12Cl2N4O2/c18-12-1-2-13(19)15(9-12)21-16(24)10-23-17(25)4-3-14(22-23)11-5-7-20-8-6-11/h1-9H,10H2,(H,21,24). The molecule has 2 heterocycles. The van der Waals surface area contributed by atoms with E-state index in [1.54, 1.807) is 42.7 Å². The molecule has 0 saturated carbocycles. The Morgan fingerprint density at radius 2 is 1.84 bits per heavy atom. The zero-order valence-corrected chi connectivity index (χ0v) is 14.3. The molecule has 8 heteroatoms. The lowest BCUT2D eigenvalue weighted by Crippen LogP contribution is -2.29. The summed E-state index contributed by atoms with van der Waals surface area (Å²) >= 11 is 11.9. The van der Waals surface area contributed by atoms with Crippen molar-refractivity contribution in [2.45, 2.75) is 6.54 Å². The quantitative estimate of drug-likeness (QED) is 0.760. The number of aromatic nitrogens is 3. The van der Waals surface area contributed by atoms with Gasteiger partial charge in [-0.3, -0.25) is 14.6 Å². The number of hydrogen-bond acceptors (Lipinski definition) is 4. The molecule has 0 aliphatic rings. The molecule has 0 spiro atoms. The van der Waals surface area contributed by atoms with E-state index in [0.29, 0.717) is 21.4 Å². The van der Waals surface area contributed by atoms with Crippen LogP contribution in [0.25, 0.3) is 11.3 Å². The van der Waals surface area contributed by atoms with Gasteiger partial charge in [-0.1, -0.05) is 23.2 Å². The summed E-state index contributed by atoms with van der Waals surface area (Å²) in [5.41, 5.74) is 1.35. The Morgan fingerprint density at radius 1 is 1.08 bits per heavy atom. The van der Waals surface area contributed by atoms with Crippen molar-refractivity contribution in [1.29, 1.82) is 0 Å². The Bertz CT molecular complexity index is 974. The Balaban J connectivity index is 1.81. The highest BCUT2D eigenvalue weighted by Crippen LogP contribution is 2.25. The van der Waals surface area contributed by atoms with Gasteiger partial charge in [-0.05, 0) is 36.4 Å². The summed E-state index contributed by atoms with van der Waals surface area (Å²) in [6, 6.07) is 11.2. The molecule has 3 rings (SSSR count). The van der Waals surface area contributed by atoms with Crippen LogP contribution in [-0.2, 0) is 11.3 Å². The van der Waals surface area contributed by atoms with E-state index in [1.807, 2.05) is 0 Å². The largest absolute Gasteiger partial charge is 0.323 e. The highest BCUT2D eigenvalue weighted by molar-refractivity contribution is 6.35. The van der Waals surface area contributed by atoms with Gasteiger partial charge in [-0.2, -0.15) is 5.10 Å². The van der Waals surface area contributed by atoms with Crippen molar-refractivity contribution in [3.8, 4) is 11.3 Å². The minimum absolute atomic E-state index is 0.249. The zero-order chi connectivity index (χ0) is 17.8. The maximum Gasteiger partial charge on any atom is 0.267 e. The van der Waals surface area contributed by atoms with E-state index in [-0.39, 0.29) is 12.1 Å². The molecule has 1 aromatic carbocycles. The zero-order valence-electron chi connectivity index (χ0n) is 12.8. The van der Waals surface area contributed by atoms with Gasteiger partial charge in [-0.25, -0.2) is 4.68 Å². The van der Waals surface area contributed by atoms with Gasteiger partial charge in [0.1, 0.15) is 6.54 Å². The predicted octanol–water partition coefficient (Wildman–Crippen LogP) is 3.25. The lowest BCUT2D eigenvalue weighted by atomic mass is 10.2. The van der Waals surface area contributed by atoms with Crippen molar-refractivity contribution < 1.29 is 4.79 Å². The van der Waals surface area contributed by atoms with Gasteiger partial charge in [0.25, 0.3) is 5.56 Å². The van der Waals surface area contributed by atoms with Crippen molar-refractivity contribution in [3.63, 3.8) is 0 Å². The van der Waals surface area contributed by atoms with Crippen molar-refractivity contribution in [3.05, 3.63) is 75.3 Å². The van der Waals surface area contributed by atoms with Crippen molar-refractivity contribution in [2.24, 2.45) is 0 Å². The molecule has 0 fully saturated rings. The fraction of sp³-hybridized carbons (Fsp3) is 0.0588. The highest BCUT2D eigenvalue weighted by atomic mass is 35.5. The van der Waals surface area contributed by atoms with Crippen LogP contribution < -0.4 is 10.9 Å². The molecule has 0 aliphatic carbocycles. The predicted molar refractivity (Wildman–Crippen MR) is 96.8 cm³/mol. The summed E-state index contributed by atoms with van der Waals surface area (Å²) in [4.78, 5) is 28.1. The lowest BCUT2D eigenvalue weighted by molar-refractivity contribution is -0.117. The van der Waals surface area contributed by atoms with Crippen LogP contribution in [0.15, 0.2) is 59.7 Å². The second-order valence-corrected chi connectivity index (χ2v) is 5.97. The first-order valence-electron chi connectivity index (χ1n) is 7.26. The second kappa shape index (κ2) is 7.46. The van der Waals surface area contributed by atoms with Gasteiger partial charge in [0, 0.05) is 29.0 Å². The van der Waals surface area contributed by atoms with Crippen LogP contribution in [0, 0.1) is 0 Å². The van der Waals surface area contributed by atoms with Crippen LogP contribution in [0.2, 0.25) is 10.0 Å². The fourth-order valence-electron chi connectivity index (χ4n) is 2.16. The van der Waals surface area contributed by atoms with Gasteiger partial charge in [0.2, 0.25) is 5.91 Å². The summed E-state index contributed by atoms with van der Waals surface area (Å²) in [7, 11) is 0. The smallest absolute Gasteiger partial charge is 0.267 e. The number of rotatable bonds is 4. The highest BCUT2D eigenvalue weighted by Gasteiger charge is 2.10. The van der Waals surface area contributed by atoms with Crippen LogP contribution >= 0.6 is 23.2 Å². The Hall–Kier alpha value is -2.70. The molecule has 0 bridgehead atoms. The van der Waals surface area contributed by atoms with Crippen molar-refractivity contribution in [1.82, 2.24) is 14.8 Å². The van der Waals surface area contributed by atoms with E-state index in [9.17, 15) is 9.59 Å². The Kier molecular flexibility index (Phi) is 5.11. The van der Waals surface area contributed by atoms with Crippen molar-refractivity contribution >= 4 is 34.8 Å². The van der Waals surface area contributed by atoms with E-state index >= 15 is 0 Å². The summed E-state index contributed by atoms with van der Waals surface area (Å²) in [6.45, 7) is -0.249. The Morgan fingerprint density at radius 3 is 2.60 bits per heavy atom. The average Bonchev–Trinajstić information content (AvgIpc) is 2.61. The number of anilines is 1. The lowest BCUT2D eigenvalue weighted by Gasteiger charge is -2.09. The summed E-state index contributed by atoms with van der Waals surface area (Å²) < 4.78 is 1.09. The molecule has 0 saturated heterocycles. The molecule has 0 aliphatic heterocycles. The maximum absolute atomic E-state index is 12.2. The average molecular weight is 375 g/mol. The van der Waals surface area contributed by atoms with Gasteiger partial charge in [0.05, 0.1) is 16.4 Å². The fourth-order valence-corrected chi connectivity index (χ4v) is 2.49. The summed E-state index contributed by atoms with van der Waals surface area (Å²) in [5, 5.41) is 7.63. The van der Waals surface area contributed by atoms with Crippen LogP contribution in [0.3, 0.4) is 0 Å². The molecule has 0 unspecified atom stereocenters. The van der Waals surface area contributed by atoms with Crippen LogP contribution in [0.5, 0.6) is 0 Å². The molecule has 1 N–H and O–H groups in total. The van der Waals surface area contributed by atoms with Gasteiger partial charge in [0.15, 0.2) is 0 Å². The molecule has 6 nitrogen and oxygen atoms in total. The molecule has 1 amide bonds. The number of benzene rings is 1. The van der Waals surface area contributed by atoms with Gasteiger partial charge < -0.3 is 5.32 Å². The number of carbonyl (C=O) groups is 1. The third kappa shape index (κ3) is 4.23. The van der Waals surface area contributed by atoms with Crippen LogP contribution in [0.4, 0.5) is 5.69 Å². The topological polar surface area (TPSA) is 76.9 Å². The maximum atomic E-state index is 12.2. The number of carbonyl (C=O) groups excluding carboxylic acids is 1. The summed E-state index contributed by atoms with van der Waals surface area (Å²) in [5.74, 6) is -0.439. The van der Waals surface area contributed by atoms with E-state index < -0.39 is 5.91 Å². The normalized spacial score (nSPS) is 10.5. The van der Waals surface area contributed by atoms with E-state index in [2.05, 4.69) is 15.4 Å². The molecule has 25 heavy (non-hydrogen) atoms. The number of pyridine rings is 1. The monoisotopic (exact) mass is 374 g/mol. The van der Waals surface area contributed by atoms with Gasteiger partial charge >= 0.3 is 0 Å². The molecular weight excluding hydrogens is 363 g/mol. The molecule has 0 atom stereocenters. The first-order valence-corrected chi connectivity index (χ1v) is 8.02. The molecule has 0 radical (unpaired) electrons. The minimum Gasteiger partial charge on any atom is -0.323 e. The van der Waals surface area contributed by atoms with Crippen LogP contribution in [0.1, 0.15) is 0 Å². The van der Waals surface area contributed by atoms with E-state index in [0.717, 1.165) is 10.2 Å². The van der Waals surface area contributed by atoms with Crippen molar-refractivity contribution in [2.75, 3.05) is 5.32 Å². The first-order chi connectivity index (χ1) is 12.0. The number of nitrogens with one attached hydrogen (secondary N) is 1. The minimum atomic E-state index is -0.439.